The first kappa shape index (κ1) is 19.0. The lowest BCUT2D eigenvalue weighted by molar-refractivity contribution is 0.102. The van der Waals surface area contributed by atoms with Gasteiger partial charge in [0.05, 0.1) is 12.9 Å². The van der Waals surface area contributed by atoms with E-state index in [9.17, 15) is 4.79 Å². The van der Waals surface area contributed by atoms with Crippen molar-refractivity contribution in [3.05, 3.63) is 66.0 Å². The van der Waals surface area contributed by atoms with Gasteiger partial charge in [0.1, 0.15) is 11.5 Å². The van der Waals surface area contributed by atoms with E-state index in [1.54, 1.807) is 7.11 Å². The minimum absolute atomic E-state index is 0.0627. The van der Waals surface area contributed by atoms with Gasteiger partial charge >= 0.3 is 0 Å². The molecule has 0 N–H and O–H groups in total. The first-order valence-electron chi connectivity index (χ1n) is 8.49. The molecule has 0 aliphatic rings. The van der Waals surface area contributed by atoms with Gasteiger partial charge in [-0.3, -0.25) is 4.79 Å². The minimum atomic E-state index is -0.282. The van der Waals surface area contributed by atoms with Crippen LogP contribution in [0.3, 0.4) is 0 Å². The van der Waals surface area contributed by atoms with E-state index in [0.29, 0.717) is 22.3 Å². The van der Waals surface area contributed by atoms with Gasteiger partial charge in [0.15, 0.2) is 22.9 Å². The third-order valence-electron chi connectivity index (χ3n) is 4.03. The van der Waals surface area contributed by atoms with Crippen LogP contribution in [0.1, 0.15) is 29.2 Å². The Kier molecular flexibility index (Phi) is 6.13. The maximum atomic E-state index is 12.3. The summed E-state index contributed by atoms with van der Waals surface area (Å²) in [5.41, 5.74) is 0.698. The molecular weight excluding hydrogens is 362 g/mol. The van der Waals surface area contributed by atoms with Gasteiger partial charge in [-0.15, -0.1) is 10.2 Å². The van der Waals surface area contributed by atoms with E-state index in [-0.39, 0.29) is 11.9 Å². The van der Waals surface area contributed by atoms with Crippen molar-refractivity contribution >= 4 is 17.5 Å². The number of benzene rings is 2. The van der Waals surface area contributed by atoms with Gasteiger partial charge in [-0.2, -0.15) is 0 Å². The Hall–Kier alpha value is -2.80. The Morgan fingerprint density at radius 2 is 1.74 bits per heavy atom. The van der Waals surface area contributed by atoms with E-state index >= 15 is 0 Å². The van der Waals surface area contributed by atoms with E-state index in [4.69, 9.17) is 9.47 Å². The van der Waals surface area contributed by atoms with Gasteiger partial charge in [-0.05, 0) is 31.2 Å². The molecule has 1 heterocycles. The molecule has 0 bridgehead atoms. The lowest BCUT2D eigenvalue weighted by atomic mass is 10.2. The molecule has 1 atom stereocenters. The van der Waals surface area contributed by atoms with Crippen molar-refractivity contribution in [3.8, 4) is 11.5 Å². The summed E-state index contributed by atoms with van der Waals surface area (Å²) in [6.45, 7) is 1.91. The Morgan fingerprint density at radius 1 is 1.07 bits per heavy atom. The summed E-state index contributed by atoms with van der Waals surface area (Å²) in [5, 5.41) is 9.10. The van der Waals surface area contributed by atoms with Gasteiger partial charge in [0.25, 0.3) is 0 Å². The Bertz CT molecular complexity index is 895. The van der Waals surface area contributed by atoms with Crippen LogP contribution in [-0.2, 0) is 7.05 Å². The smallest absolute Gasteiger partial charge is 0.191 e. The van der Waals surface area contributed by atoms with E-state index in [2.05, 4.69) is 10.2 Å². The zero-order valence-electron chi connectivity index (χ0n) is 15.5. The van der Waals surface area contributed by atoms with E-state index < -0.39 is 0 Å². The topological polar surface area (TPSA) is 66.2 Å². The zero-order chi connectivity index (χ0) is 19.2. The standard InChI is InChI=1S/C20H21N3O3S/c1-14(26-17-11-9-16(25-3)10-12-17)19-21-22-20(23(19)2)27-13-18(24)15-7-5-4-6-8-15/h4-12,14H,13H2,1-3H3. The van der Waals surface area contributed by atoms with Crippen molar-refractivity contribution in [1.29, 1.82) is 0 Å². The van der Waals surface area contributed by atoms with Crippen LogP contribution in [-0.4, -0.2) is 33.4 Å². The van der Waals surface area contributed by atoms with Crippen LogP contribution in [0.5, 0.6) is 11.5 Å². The van der Waals surface area contributed by atoms with Gasteiger partial charge in [-0.1, -0.05) is 42.1 Å². The second-order valence-corrected chi connectivity index (χ2v) is 6.86. The highest BCUT2D eigenvalue weighted by Gasteiger charge is 2.18. The summed E-state index contributed by atoms with van der Waals surface area (Å²) in [6.07, 6.45) is -0.282. The van der Waals surface area contributed by atoms with Gasteiger partial charge in [0.2, 0.25) is 0 Å². The molecule has 2 aromatic carbocycles. The summed E-state index contributed by atoms with van der Waals surface area (Å²) in [6, 6.07) is 16.6. The third kappa shape index (κ3) is 4.68. The molecule has 0 spiro atoms. The maximum Gasteiger partial charge on any atom is 0.191 e. The number of methoxy groups -OCH3 is 1. The summed E-state index contributed by atoms with van der Waals surface area (Å²) < 4.78 is 12.9. The second kappa shape index (κ2) is 8.73. The number of nitrogens with zero attached hydrogens (tertiary/aromatic N) is 3. The van der Waals surface area contributed by atoms with Crippen molar-refractivity contribution in [1.82, 2.24) is 14.8 Å². The van der Waals surface area contributed by atoms with Crippen LogP contribution < -0.4 is 9.47 Å². The summed E-state index contributed by atoms with van der Waals surface area (Å²) in [7, 11) is 3.50. The Morgan fingerprint density at radius 3 is 2.41 bits per heavy atom. The number of rotatable bonds is 8. The molecule has 7 heteroatoms. The highest BCUT2D eigenvalue weighted by molar-refractivity contribution is 7.99. The monoisotopic (exact) mass is 383 g/mol. The minimum Gasteiger partial charge on any atom is -0.497 e. The largest absolute Gasteiger partial charge is 0.497 e. The van der Waals surface area contributed by atoms with Crippen molar-refractivity contribution in [2.45, 2.75) is 18.2 Å². The number of ether oxygens (including phenoxy) is 2. The summed E-state index contributed by atoms with van der Waals surface area (Å²) >= 11 is 1.37. The zero-order valence-corrected chi connectivity index (χ0v) is 16.3. The molecule has 6 nitrogen and oxygen atoms in total. The van der Waals surface area contributed by atoms with Crippen molar-refractivity contribution in [3.63, 3.8) is 0 Å². The molecular formula is C20H21N3O3S. The van der Waals surface area contributed by atoms with Gasteiger partial charge in [-0.25, -0.2) is 0 Å². The van der Waals surface area contributed by atoms with Crippen molar-refractivity contribution in [2.24, 2.45) is 7.05 Å². The van der Waals surface area contributed by atoms with Crippen LogP contribution in [0.2, 0.25) is 0 Å². The molecule has 1 aromatic heterocycles. The number of aromatic nitrogens is 3. The lowest BCUT2D eigenvalue weighted by Crippen LogP contribution is -2.10. The summed E-state index contributed by atoms with van der Waals surface area (Å²) in [4.78, 5) is 12.3. The SMILES string of the molecule is COc1ccc(OC(C)c2nnc(SCC(=O)c3ccccc3)n2C)cc1. The molecule has 0 radical (unpaired) electrons. The molecule has 3 aromatic rings. The van der Waals surface area contributed by atoms with Crippen molar-refractivity contribution < 1.29 is 14.3 Å². The molecule has 0 aliphatic carbocycles. The molecule has 0 fully saturated rings. The quantitative estimate of drug-likeness (QED) is 0.434. The molecule has 0 amide bonds. The van der Waals surface area contributed by atoms with Crippen LogP contribution in [0.25, 0.3) is 0 Å². The fraction of sp³-hybridized carbons (Fsp3) is 0.250. The van der Waals surface area contributed by atoms with Crippen LogP contribution in [0.15, 0.2) is 59.8 Å². The molecule has 140 valence electrons. The third-order valence-corrected chi connectivity index (χ3v) is 5.05. The van der Waals surface area contributed by atoms with E-state index in [1.807, 2.05) is 73.1 Å². The molecule has 3 rings (SSSR count). The first-order chi connectivity index (χ1) is 13.1. The van der Waals surface area contributed by atoms with E-state index in [0.717, 1.165) is 11.5 Å². The Labute approximate surface area is 162 Å². The molecule has 0 saturated heterocycles. The fourth-order valence-electron chi connectivity index (χ4n) is 2.55. The highest BCUT2D eigenvalue weighted by atomic mass is 32.2. The molecule has 0 aliphatic heterocycles. The van der Waals surface area contributed by atoms with Gasteiger partial charge < -0.3 is 14.0 Å². The number of Topliss-reactive ketones (excluding diaryl/α,β-unsaturated/α-hetero) is 1. The molecule has 27 heavy (non-hydrogen) atoms. The normalized spacial score (nSPS) is 11.8. The predicted molar refractivity (Wildman–Crippen MR) is 105 cm³/mol. The Balaban J connectivity index is 1.62. The lowest BCUT2D eigenvalue weighted by Gasteiger charge is -2.14. The fourth-order valence-corrected chi connectivity index (χ4v) is 3.37. The molecule has 0 saturated carbocycles. The van der Waals surface area contributed by atoms with Crippen LogP contribution >= 0.6 is 11.8 Å². The number of carbonyl (C=O) groups excluding carboxylic acids is 1. The average molecular weight is 383 g/mol. The first-order valence-corrected chi connectivity index (χ1v) is 9.48. The second-order valence-electron chi connectivity index (χ2n) is 5.91. The number of ketones is 1. The predicted octanol–water partition coefficient (Wildman–Crippen LogP) is 3.94. The summed E-state index contributed by atoms with van der Waals surface area (Å²) in [5.74, 6) is 2.56. The van der Waals surface area contributed by atoms with Crippen LogP contribution in [0.4, 0.5) is 0 Å². The molecule has 1 unspecified atom stereocenters. The van der Waals surface area contributed by atoms with Crippen LogP contribution in [0, 0.1) is 0 Å². The van der Waals surface area contributed by atoms with Gasteiger partial charge in [0, 0.05) is 12.6 Å². The number of thioether (sulfide) groups is 1. The number of carbonyl (C=O) groups is 1. The van der Waals surface area contributed by atoms with E-state index in [1.165, 1.54) is 11.8 Å². The number of hydrogen-bond donors (Lipinski definition) is 0. The number of hydrogen-bond acceptors (Lipinski definition) is 6. The maximum absolute atomic E-state index is 12.3. The highest BCUT2D eigenvalue weighted by Crippen LogP contribution is 2.25. The average Bonchev–Trinajstić information content (AvgIpc) is 3.08. The van der Waals surface area contributed by atoms with Crippen molar-refractivity contribution in [2.75, 3.05) is 12.9 Å².